The molecule has 4 atom stereocenters. The van der Waals surface area contributed by atoms with Crippen molar-refractivity contribution < 1.29 is 9.53 Å². The molecule has 20 heavy (non-hydrogen) atoms. The maximum atomic E-state index is 12.3. The monoisotopic (exact) mass is 338 g/mol. The highest BCUT2D eigenvalue weighted by Crippen LogP contribution is 2.37. The Morgan fingerprint density at radius 2 is 2.30 bits per heavy atom. The van der Waals surface area contributed by atoms with Crippen molar-refractivity contribution >= 4 is 21.8 Å². The van der Waals surface area contributed by atoms with E-state index < -0.39 is 0 Å². The number of benzene rings is 1. The van der Waals surface area contributed by atoms with Gasteiger partial charge < -0.3 is 15.8 Å². The second kappa shape index (κ2) is 5.47. The summed E-state index contributed by atoms with van der Waals surface area (Å²) in [5, 5.41) is 3.02. The summed E-state index contributed by atoms with van der Waals surface area (Å²) >= 11 is 3.44. The summed E-state index contributed by atoms with van der Waals surface area (Å²) in [6, 6.07) is 5.64. The van der Waals surface area contributed by atoms with E-state index in [2.05, 4.69) is 21.2 Å². The highest BCUT2D eigenvalue weighted by atomic mass is 79.9. The molecular weight excluding hydrogens is 320 g/mol. The van der Waals surface area contributed by atoms with Crippen LogP contribution in [-0.4, -0.2) is 30.7 Å². The number of rotatable bonds is 2. The molecule has 3 rings (SSSR count). The minimum absolute atomic E-state index is 0.00785. The molecule has 1 saturated heterocycles. The summed E-state index contributed by atoms with van der Waals surface area (Å²) in [6.07, 6.45) is 2.26. The molecule has 1 aromatic carbocycles. The fourth-order valence-electron chi connectivity index (χ4n) is 3.16. The average molecular weight is 339 g/mol. The second-order valence-corrected chi connectivity index (χ2v) is 6.56. The fraction of sp³-hybridized carbons (Fsp3) is 0.533. The van der Waals surface area contributed by atoms with Crippen molar-refractivity contribution in [3.63, 3.8) is 0 Å². The van der Waals surface area contributed by atoms with Crippen LogP contribution < -0.4 is 11.1 Å². The van der Waals surface area contributed by atoms with Crippen molar-refractivity contribution in [3.8, 4) is 0 Å². The molecular formula is C15H19BrN2O2. The Morgan fingerprint density at radius 3 is 3.05 bits per heavy atom. The molecule has 0 radical (unpaired) electrons. The number of ether oxygens (including phenoxy) is 1. The number of aryl methyl sites for hydroxylation is 1. The van der Waals surface area contributed by atoms with Gasteiger partial charge in [0.2, 0.25) is 0 Å². The largest absolute Gasteiger partial charge is 0.376 e. The molecule has 5 heteroatoms. The smallest absolute Gasteiger partial charge is 0.252 e. The van der Waals surface area contributed by atoms with Gasteiger partial charge in [-0.25, -0.2) is 0 Å². The van der Waals surface area contributed by atoms with E-state index in [9.17, 15) is 4.79 Å². The zero-order valence-electron chi connectivity index (χ0n) is 11.4. The van der Waals surface area contributed by atoms with E-state index in [-0.39, 0.29) is 24.1 Å². The zero-order chi connectivity index (χ0) is 14.3. The molecule has 2 aliphatic rings. The van der Waals surface area contributed by atoms with Gasteiger partial charge in [-0.05, 0) is 53.4 Å². The predicted molar refractivity (Wildman–Crippen MR) is 80.6 cm³/mol. The van der Waals surface area contributed by atoms with Crippen LogP contribution in [0.1, 0.15) is 28.8 Å². The summed E-state index contributed by atoms with van der Waals surface area (Å²) in [4.78, 5) is 12.3. The fourth-order valence-corrected chi connectivity index (χ4v) is 3.83. The first-order valence-corrected chi connectivity index (χ1v) is 7.81. The SMILES string of the molecule is Cc1ccc(C(=O)NC2C(N)C3CCCOC32)c(Br)c1. The van der Waals surface area contributed by atoms with E-state index in [1.807, 2.05) is 25.1 Å². The minimum atomic E-state index is -0.0926. The van der Waals surface area contributed by atoms with Crippen molar-refractivity contribution in [1.82, 2.24) is 5.32 Å². The van der Waals surface area contributed by atoms with Crippen molar-refractivity contribution in [3.05, 3.63) is 33.8 Å². The van der Waals surface area contributed by atoms with Crippen LogP contribution in [0.5, 0.6) is 0 Å². The van der Waals surface area contributed by atoms with Crippen LogP contribution in [0.3, 0.4) is 0 Å². The number of carbonyl (C=O) groups excluding carboxylic acids is 1. The van der Waals surface area contributed by atoms with Gasteiger partial charge in [-0.2, -0.15) is 0 Å². The number of hydrogen-bond donors (Lipinski definition) is 2. The van der Waals surface area contributed by atoms with Crippen molar-refractivity contribution in [2.75, 3.05) is 6.61 Å². The van der Waals surface area contributed by atoms with Gasteiger partial charge in [0, 0.05) is 23.0 Å². The molecule has 0 bridgehead atoms. The molecule has 1 amide bonds. The Bertz CT molecular complexity index is 535. The van der Waals surface area contributed by atoms with Gasteiger partial charge in [0.1, 0.15) is 0 Å². The van der Waals surface area contributed by atoms with Crippen molar-refractivity contribution in [2.24, 2.45) is 11.7 Å². The minimum Gasteiger partial charge on any atom is -0.376 e. The van der Waals surface area contributed by atoms with Gasteiger partial charge in [-0.1, -0.05) is 6.07 Å². The Balaban J connectivity index is 1.70. The average Bonchev–Trinajstić information content (AvgIpc) is 2.44. The zero-order valence-corrected chi connectivity index (χ0v) is 13.0. The van der Waals surface area contributed by atoms with Crippen LogP contribution in [0, 0.1) is 12.8 Å². The Kier molecular flexibility index (Phi) is 3.84. The van der Waals surface area contributed by atoms with E-state index in [0.717, 1.165) is 29.5 Å². The highest BCUT2D eigenvalue weighted by Gasteiger charge is 2.51. The normalized spacial score (nSPS) is 32.1. The lowest BCUT2D eigenvalue weighted by atomic mass is 9.68. The van der Waals surface area contributed by atoms with E-state index in [0.29, 0.717) is 11.5 Å². The van der Waals surface area contributed by atoms with Gasteiger partial charge in [0.05, 0.1) is 17.7 Å². The molecule has 1 aromatic rings. The molecule has 3 N–H and O–H groups in total. The molecule has 1 saturated carbocycles. The van der Waals surface area contributed by atoms with Crippen LogP contribution >= 0.6 is 15.9 Å². The molecule has 4 nitrogen and oxygen atoms in total. The number of amides is 1. The number of fused-ring (bicyclic) bond motifs is 1. The number of hydrogen-bond acceptors (Lipinski definition) is 3. The summed E-state index contributed by atoms with van der Waals surface area (Å²) in [7, 11) is 0. The summed E-state index contributed by atoms with van der Waals surface area (Å²) in [6.45, 7) is 2.77. The van der Waals surface area contributed by atoms with Gasteiger partial charge in [-0.15, -0.1) is 0 Å². The maximum absolute atomic E-state index is 12.3. The molecule has 0 spiro atoms. The van der Waals surface area contributed by atoms with E-state index in [4.69, 9.17) is 10.5 Å². The standard InChI is InChI=1S/C15H19BrN2O2/c1-8-4-5-9(11(16)7-8)15(19)18-13-12(17)10-3-2-6-20-14(10)13/h4-5,7,10,12-14H,2-3,6,17H2,1H3,(H,18,19). The topological polar surface area (TPSA) is 64.4 Å². The number of nitrogens with two attached hydrogens (primary N) is 1. The van der Waals surface area contributed by atoms with Crippen LogP contribution in [-0.2, 0) is 4.74 Å². The number of halogens is 1. The van der Waals surface area contributed by atoms with E-state index in [1.165, 1.54) is 0 Å². The first kappa shape index (κ1) is 14.0. The number of carbonyl (C=O) groups is 1. The summed E-state index contributed by atoms with van der Waals surface area (Å²) in [5.41, 5.74) is 7.92. The molecule has 0 aromatic heterocycles. The first-order chi connectivity index (χ1) is 9.58. The van der Waals surface area contributed by atoms with Gasteiger partial charge in [-0.3, -0.25) is 4.79 Å². The molecule has 1 aliphatic carbocycles. The summed E-state index contributed by atoms with van der Waals surface area (Å²) < 4.78 is 6.55. The lowest BCUT2D eigenvalue weighted by molar-refractivity contribution is -0.117. The van der Waals surface area contributed by atoms with Crippen LogP contribution in [0.25, 0.3) is 0 Å². The lowest BCUT2D eigenvalue weighted by Gasteiger charge is -2.52. The molecule has 1 aliphatic heterocycles. The van der Waals surface area contributed by atoms with Gasteiger partial charge >= 0.3 is 0 Å². The van der Waals surface area contributed by atoms with E-state index in [1.54, 1.807) is 0 Å². The third kappa shape index (κ3) is 2.38. The van der Waals surface area contributed by atoms with Crippen molar-refractivity contribution in [2.45, 2.75) is 38.0 Å². The van der Waals surface area contributed by atoms with Crippen LogP contribution in [0.4, 0.5) is 0 Å². The maximum Gasteiger partial charge on any atom is 0.252 e. The van der Waals surface area contributed by atoms with Gasteiger partial charge in [0.15, 0.2) is 0 Å². The molecule has 108 valence electrons. The lowest BCUT2D eigenvalue weighted by Crippen LogP contribution is -2.72. The Hall–Kier alpha value is -0.910. The van der Waals surface area contributed by atoms with Crippen molar-refractivity contribution in [1.29, 1.82) is 0 Å². The predicted octanol–water partition coefficient (Wildman–Crippen LogP) is 1.99. The highest BCUT2D eigenvalue weighted by molar-refractivity contribution is 9.10. The first-order valence-electron chi connectivity index (χ1n) is 7.02. The Morgan fingerprint density at radius 1 is 1.50 bits per heavy atom. The third-order valence-corrected chi connectivity index (χ3v) is 5.00. The van der Waals surface area contributed by atoms with Crippen LogP contribution in [0.15, 0.2) is 22.7 Å². The van der Waals surface area contributed by atoms with Gasteiger partial charge in [0.25, 0.3) is 5.91 Å². The third-order valence-electron chi connectivity index (χ3n) is 4.34. The molecule has 4 unspecified atom stereocenters. The van der Waals surface area contributed by atoms with Crippen LogP contribution in [0.2, 0.25) is 0 Å². The number of nitrogens with one attached hydrogen (secondary N) is 1. The van der Waals surface area contributed by atoms with E-state index >= 15 is 0 Å². The molecule has 1 heterocycles. The quantitative estimate of drug-likeness (QED) is 0.866. The molecule has 2 fully saturated rings. The summed E-state index contributed by atoms with van der Waals surface area (Å²) in [5.74, 6) is 0.306. The Labute approximate surface area is 127 Å². The second-order valence-electron chi connectivity index (χ2n) is 5.70.